The Bertz CT molecular complexity index is 432. The van der Waals surface area contributed by atoms with Crippen molar-refractivity contribution in [2.24, 2.45) is 0 Å². The standard InChI is InChI=1S/C16H28O7/c1-9(2)20-14(18)10(17)7-11-13(23-16(5,6)21-11)12-8-19-15(3,4)22-12/h9-13,17H,7-8H2,1-6H3/t10-,11-,12-,13+/m1/s1. The van der Waals surface area contributed by atoms with E-state index in [1.165, 1.54) is 0 Å². The molecule has 0 spiro atoms. The Balaban J connectivity index is 2.01. The van der Waals surface area contributed by atoms with E-state index < -0.39 is 35.9 Å². The summed E-state index contributed by atoms with van der Waals surface area (Å²) >= 11 is 0. The molecule has 0 aliphatic carbocycles. The largest absolute Gasteiger partial charge is 0.461 e. The normalized spacial score (nSPS) is 33.8. The smallest absolute Gasteiger partial charge is 0.335 e. The molecule has 134 valence electrons. The molecule has 2 rings (SSSR count). The molecule has 0 bridgehead atoms. The van der Waals surface area contributed by atoms with Gasteiger partial charge in [0, 0.05) is 6.42 Å². The van der Waals surface area contributed by atoms with E-state index in [0.717, 1.165) is 0 Å². The van der Waals surface area contributed by atoms with Crippen LogP contribution >= 0.6 is 0 Å². The van der Waals surface area contributed by atoms with Gasteiger partial charge in [0.15, 0.2) is 17.7 Å². The lowest BCUT2D eigenvalue weighted by Crippen LogP contribution is -2.41. The van der Waals surface area contributed by atoms with Gasteiger partial charge >= 0.3 is 5.97 Å². The Morgan fingerprint density at radius 2 is 1.83 bits per heavy atom. The van der Waals surface area contributed by atoms with Crippen molar-refractivity contribution in [2.45, 2.75) is 90.1 Å². The van der Waals surface area contributed by atoms with Crippen molar-refractivity contribution in [3.8, 4) is 0 Å². The van der Waals surface area contributed by atoms with Gasteiger partial charge in [-0.1, -0.05) is 0 Å². The minimum Gasteiger partial charge on any atom is -0.461 e. The molecule has 7 nitrogen and oxygen atoms in total. The first-order valence-corrected chi connectivity index (χ1v) is 8.05. The number of carbonyl (C=O) groups is 1. The Morgan fingerprint density at radius 3 is 2.35 bits per heavy atom. The Hall–Kier alpha value is -0.730. The summed E-state index contributed by atoms with van der Waals surface area (Å²) in [5.41, 5.74) is 0. The Labute approximate surface area is 137 Å². The highest BCUT2D eigenvalue weighted by Crippen LogP contribution is 2.37. The average Bonchev–Trinajstić information content (AvgIpc) is 2.88. The topological polar surface area (TPSA) is 83.5 Å². The molecular weight excluding hydrogens is 304 g/mol. The van der Waals surface area contributed by atoms with Gasteiger partial charge in [0.25, 0.3) is 0 Å². The SMILES string of the molecule is CC(C)OC(=O)[C@H](O)C[C@H]1OC(C)(C)O[C@@H]1[C@H]1COC(C)(C)O1. The molecule has 0 unspecified atom stereocenters. The number of hydrogen-bond acceptors (Lipinski definition) is 7. The third-order valence-electron chi connectivity index (χ3n) is 3.70. The molecule has 0 saturated carbocycles. The maximum atomic E-state index is 11.8. The lowest BCUT2D eigenvalue weighted by Gasteiger charge is -2.24. The van der Waals surface area contributed by atoms with Crippen LogP contribution in [0.1, 0.15) is 48.0 Å². The van der Waals surface area contributed by atoms with Crippen molar-refractivity contribution in [1.82, 2.24) is 0 Å². The fraction of sp³-hybridized carbons (Fsp3) is 0.938. The first-order valence-electron chi connectivity index (χ1n) is 8.05. The predicted octanol–water partition coefficient (Wildman–Crippen LogP) is 1.36. The summed E-state index contributed by atoms with van der Waals surface area (Å²) in [7, 11) is 0. The molecule has 2 aliphatic heterocycles. The number of hydrogen-bond donors (Lipinski definition) is 1. The number of aliphatic hydroxyl groups is 1. The first kappa shape index (κ1) is 18.6. The van der Waals surface area contributed by atoms with Crippen LogP contribution in [-0.2, 0) is 28.5 Å². The van der Waals surface area contributed by atoms with Gasteiger partial charge in [-0.05, 0) is 41.5 Å². The minimum atomic E-state index is -1.27. The van der Waals surface area contributed by atoms with Crippen molar-refractivity contribution >= 4 is 5.97 Å². The molecular formula is C16H28O7. The molecule has 7 heteroatoms. The average molecular weight is 332 g/mol. The second kappa shape index (κ2) is 6.64. The van der Waals surface area contributed by atoms with E-state index in [9.17, 15) is 9.90 Å². The molecule has 2 aliphatic rings. The molecule has 23 heavy (non-hydrogen) atoms. The molecule has 2 fully saturated rings. The highest BCUT2D eigenvalue weighted by atomic mass is 16.8. The van der Waals surface area contributed by atoms with Gasteiger partial charge < -0.3 is 28.8 Å². The van der Waals surface area contributed by atoms with Crippen molar-refractivity contribution in [1.29, 1.82) is 0 Å². The van der Waals surface area contributed by atoms with Crippen LogP contribution in [0.15, 0.2) is 0 Å². The fourth-order valence-corrected chi connectivity index (χ4v) is 2.86. The molecule has 0 aromatic heterocycles. The summed E-state index contributed by atoms with van der Waals surface area (Å²) in [4.78, 5) is 11.8. The summed E-state index contributed by atoms with van der Waals surface area (Å²) in [6.45, 7) is 11.1. The molecule has 0 aromatic rings. The number of carbonyl (C=O) groups excluding carboxylic acids is 1. The van der Waals surface area contributed by atoms with Crippen LogP contribution in [0.4, 0.5) is 0 Å². The second-order valence-electron chi connectivity index (χ2n) is 7.24. The van der Waals surface area contributed by atoms with Crippen LogP contribution in [0, 0.1) is 0 Å². The van der Waals surface area contributed by atoms with Crippen LogP contribution in [-0.4, -0.2) is 59.8 Å². The highest BCUT2D eigenvalue weighted by Gasteiger charge is 2.50. The van der Waals surface area contributed by atoms with Gasteiger partial charge in [-0.3, -0.25) is 0 Å². The summed E-state index contributed by atoms with van der Waals surface area (Å²) in [5.74, 6) is -2.15. The van der Waals surface area contributed by atoms with Gasteiger partial charge in [-0.2, -0.15) is 0 Å². The van der Waals surface area contributed by atoms with Crippen LogP contribution in [0.5, 0.6) is 0 Å². The zero-order chi connectivity index (χ0) is 17.4. The van der Waals surface area contributed by atoms with Crippen LogP contribution in [0.25, 0.3) is 0 Å². The summed E-state index contributed by atoms with van der Waals surface area (Å²) < 4.78 is 28.2. The van der Waals surface area contributed by atoms with E-state index in [1.54, 1.807) is 27.7 Å². The van der Waals surface area contributed by atoms with Gasteiger partial charge in [0.2, 0.25) is 0 Å². The molecule has 2 heterocycles. The van der Waals surface area contributed by atoms with E-state index in [4.69, 9.17) is 23.7 Å². The van der Waals surface area contributed by atoms with Crippen molar-refractivity contribution in [2.75, 3.05) is 6.61 Å². The molecule has 2 saturated heterocycles. The fourth-order valence-electron chi connectivity index (χ4n) is 2.86. The zero-order valence-corrected chi connectivity index (χ0v) is 14.7. The van der Waals surface area contributed by atoms with Crippen LogP contribution < -0.4 is 0 Å². The maximum Gasteiger partial charge on any atom is 0.335 e. The van der Waals surface area contributed by atoms with E-state index in [1.807, 2.05) is 13.8 Å². The monoisotopic (exact) mass is 332 g/mol. The van der Waals surface area contributed by atoms with Gasteiger partial charge in [0.05, 0.1) is 18.8 Å². The van der Waals surface area contributed by atoms with E-state index in [2.05, 4.69) is 0 Å². The maximum absolute atomic E-state index is 11.8. The van der Waals surface area contributed by atoms with E-state index in [-0.39, 0.29) is 18.6 Å². The lowest BCUT2D eigenvalue weighted by atomic mass is 10.0. The molecule has 0 radical (unpaired) electrons. The van der Waals surface area contributed by atoms with Gasteiger partial charge in [-0.15, -0.1) is 0 Å². The second-order valence-corrected chi connectivity index (χ2v) is 7.24. The summed E-state index contributed by atoms with van der Waals surface area (Å²) in [6, 6.07) is 0. The Morgan fingerprint density at radius 1 is 1.17 bits per heavy atom. The van der Waals surface area contributed by atoms with Crippen molar-refractivity contribution < 1.29 is 33.6 Å². The zero-order valence-electron chi connectivity index (χ0n) is 14.7. The number of esters is 1. The first-order chi connectivity index (χ1) is 10.5. The molecule has 0 aromatic carbocycles. The quantitative estimate of drug-likeness (QED) is 0.761. The van der Waals surface area contributed by atoms with Crippen molar-refractivity contribution in [3.05, 3.63) is 0 Å². The lowest BCUT2D eigenvalue weighted by molar-refractivity contribution is -0.175. The molecule has 0 amide bonds. The van der Waals surface area contributed by atoms with E-state index >= 15 is 0 Å². The van der Waals surface area contributed by atoms with Crippen LogP contribution in [0.2, 0.25) is 0 Å². The third kappa shape index (κ3) is 4.87. The third-order valence-corrected chi connectivity index (χ3v) is 3.70. The highest BCUT2D eigenvalue weighted by molar-refractivity contribution is 5.74. The van der Waals surface area contributed by atoms with Gasteiger partial charge in [0.1, 0.15) is 12.2 Å². The Kier molecular flexibility index (Phi) is 5.37. The predicted molar refractivity (Wildman–Crippen MR) is 80.6 cm³/mol. The molecule has 1 N–H and O–H groups in total. The van der Waals surface area contributed by atoms with E-state index in [0.29, 0.717) is 6.61 Å². The van der Waals surface area contributed by atoms with Gasteiger partial charge in [-0.25, -0.2) is 4.79 Å². The molecule has 4 atom stereocenters. The number of rotatable bonds is 5. The minimum absolute atomic E-state index is 0.0833. The van der Waals surface area contributed by atoms with Crippen LogP contribution in [0.3, 0.4) is 0 Å². The summed E-state index contributed by atoms with van der Waals surface area (Å²) in [5, 5.41) is 10.1. The summed E-state index contributed by atoms with van der Waals surface area (Å²) in [6.07, 6.45) is -2.68. The number of aliphatic hydroxyl groups excluding tert-OH is 1. The number of ether oxygens (including phenoxy) is 5. The van der Waals surface area contributed by atoms with Crippen molar-refractivity contribution in [3.63, 3.8) is 0 Å².